The highest BCUT2D eigenvalue weighted by Crippen LogP contribution is 2.19. The fourth-order valence-electron chi connectivity index (χ4n) is 0.843. The van der Waals surface area contributed by atoms with Crippen molar-refractivity contribution in [2.45, 2.75) is 0 Å². The molecule has 0 fully saturated rings. The fraction of sp³-hybridized carbons (Fsp3) is 0.167. The van der Waals surface area contributed by atoms with Crippen LogP contribution in [0.5, 0.6) is 0 Å². The zero-order valence-electron chi connectivity index (χ0n) is 6.23. The molecule has 0 aliphatic heterocycles. The predicted molar refractivity (Wildman–Crippen MR) is 49.8 cm³/mol. The molecule has 0 radical (unpaired) electrons. The molecule has 4 nitrogen and oxygen atoms in total. The number of hydrogen-bond acceptors (Lipinski definition) is 4. The Morgan fingerprint density at radius 1 is 1.58 bits per heavy atom. The van der Waals surface area contributed by atoms with Crippen molar-refractivity contribution >= 4 is 27.5 Å². The maximum atomic E-state index is 4.17. The van der Waals surface area contributed by atoms with Crippen molar-refractivity contribution in [3.8, 4) is 11.5 Å². The van der Waals surface area contributed by atoms with Crippen LogP contribution in [0.1, 0.15) is 0 Å². The zero-order valence-corrected chi connectivity index (χ0v) is 8.63. The Labute approximate surface area is 81.5 Å². The van der Waals surface area contributed by atoms with E-state index in [2.05, 4.69) is 30.4 Å². The summed E-state index contributed by atoms with van der Waals surface area (Å²) in [6, 6.07) is 1.88. The minimum Gasteiger partial charge on any atom is -0.275 e. The molecule has 0 aromatic carbocycles. The maximum absolute atomic E-state index is 4.17. The van der Waals surface area contributed by atoms with Gasteiger partial charge in [0, 0.05) is 13.2 Å². The zero-order chi connectivity index (χ0) is 8.55. The number of halogens is 1. The van der Waals surface area contributed by atoms with E-state index >= 15 is 0 Å². The van der Waals surface area contributed by atoms with E-state index in [1.807, 2.05) is 19.3 Å². The summed E-state index contributed by atoms with van der Waals surface area (Å²) in [5.74, 6) is 0.674. The van der Waals surface area contributed by atoms with Crippen LogP contribution in [0.2, 0.25) is 0 Å². The third kappa shape index (κ3) is 1.39. The highest BCUT2D eigenvalue weighted by atomic mass is 79.9. The lowest BCUT2D eigenvalue weighted by Gasteiger charge is -1.85. The van der Waals surface area contributed by atoms with E-state index < -0.39 is 0 Å². The summed E-state index contributed by atoms with van der Waals surface area (Å²) in [4.78, 5) is 4.14. The molecule has 0 aliphatic rings. The van der Waals surface area contributed by atoms with Gasteiger partial charge in [-0.05, 0) is 33.5 Å². The quantitative estimate of drug-likeness (QED) is 0.768. The van der Waals surface area contributed by atoms with Crippen molar-refractivity contribution in [3.63, 3.8) is 0 Å². The second-order valence-corrected chi connectivity index (χ2v) is 4.27. The normalized spacial score (nSPS) is 10.5. The molecule has 0 N–H and O–H groups in total. The van der Waals surface area contributed by atoms with E-state index in [1.54, 1.807) is 4.68 Å². The fourth-order valence-corrected chi connectivity index (χ4v) is 1.65. The molecule has 0 amide bonds. The Balaban J connectivity index is 2.43. The van der Waals surface area contributed by atoms with Crippen molar-refractivity contribution in [3.05, 3.63) is 16.2 Å². The second kappa shape index (κ2) is 2.95. The van der Waals surface area contributed by atoms with E-state index in [0.717, 1.165) is 9.61 Å². The van der Waals surface area contributed by atoms with Crippen molar-refractivity contribution in [1.29, 1.82) is 0 Å². The van der Waals surface area contributed by atoms with Crippen molar-refractivity contribution in [1.82, 2.24) is 19.1 Å². The van der Waals surface area contributed by atoms with E-state index in [-0.39, 0.29) is 0 Å². The Kier molecular flexibility index (Phi) is 1.93. The average Bonchev–Trinajstić information content (AvgIpc) is 2.58. The molecule has 6 heteroatoms. The molecule has 0 saturated heterocycles. The molecule has 0 spiro atoms. The summed E-state index contributed by atoms with van der Waals surface area (Å²) in [7, 11) is 1.87. The van der Waals surface area contributed by atoms with E-state index in [4.69, 9.17) is 0 Å². The third-order valence-corrected chi connectivity index (χ3v) is 2.46. The Hall–Kier alpha value is -0.750. The Morgan fingerprint density at radius 3 is 2.92 bits per heavy atom. The molecule has 0 bridgehead atoms. The second-order valence-electron chi connectivity index (χ2n) is 2.25. The molecule has 2 heterocycles. The van der Waals surface area contributed by atoms with Crippen LogP contribution in [0.15, 0.2) is 16.2 Å². The first kappa shape index (κ1) is 7.88. The van der Waals surface area contributed by atoms with Gasteiger partial charge >= 0.3 is 0 Å². The summed E-state index contributed by atoms with van der Waals surface area (Å²) >= 11 is 4.56. The maximum Gasteiger partial charge on any atom is 0.194 e. The SMILES string of the molecule is Cn1ccc(-c2nsc(Br)n2)n1. The van der Waals surface area contributed by atoms with Crippen molar-refractivity contribution in [2.24, 2.45) is 7.05 Å². The predicted octanol–water partition coefficient (Wildman–Crippen LogP) is 1.70. The van der Waals surface area contributed by atoms with Crippen molar-refractivity contribution < 1.29 is 0 Å². The van der Waals surface area contributed by atoms with Gasteiger partial charge in [-0.3, -0.25) is 4.68 Å². The van der Waals surface area contributed by atoms with Gasteiger partial charge in [0.1, 0.15) is 5.69 Å². The smallest absolute Gasteiger partial charge is 0.194 e. The van der Waals surface area contributed by atoms with Crippen LogP contribution in [0.3, 0.4) is 0 Å². The molecular formula is C6H5BrN4S. The topological polar surface area (TPSA) is 43.6 Å². The van der Waals surface area contributed by atoms with Gasteiger partial charge in [-0.2, -0.15) is 9.47 Å². The molecule has 0 unspecified atom stereocenters. The summed E-state index contributed by atoms with van der Waals surface area (Å²) in [5, 5.41) is 4.17. The number of aromatic nitrogens is 4. The van der Waals surface area contributed by atoms with Gasteiger partial charge in [-0.25, -0.2) is 4.98 Å². The van der Waals surface area contributed by atoms with Crippen LogP contribution in [-0.2, 0) is 7.05 Å². The third-order valence-electron chi connectivity index (χ3n) is 1.34. The van der Waals surface area contributed by atoms with E-state index in [9.17, 15) is 0 Å². The molecule has 2 aromatic heterocycles. The van der Waals surface area contributed by atoms with Gasteiger partial charge in [0.05, 0.1) is 0 Å². The Morgan fingerprint density at radius 2 is 2.42 bits per heavy atom. The van der Waals surface area contributed by atoms with Crippen molar-refractivity contribution in [2.75, 3.05) is 0 Å². The van der Waals surface area contributed by atoms with E-state index in [1.165, 1.54) is 11.5 Å². The number of aryl methyl sites for hydroxylation is 1. The monoisotopic (exact) mass is 244 g/mol. The summed E-state index contributed by atoms with van der Waals surface area (Å²) in [6.45, 7) is 0. The lowest BCUT2D eigenvalue weighted by molar-refractivity contribution is 0.769. The van der Waals surface area contributed by atoms with Crippen LogP contribution in [-0.4, -0.2) is 19.1 Å². The standard InChI is InChI=1S/C6H5BrN4S/c1-11-3-2-4(9-11)5-8-6(7)12-10-5/h2-3H,1H3. The van der Waals surface area contributed by atoms with Crippen LogP contribution in [0.4, 0.5) is 0 Å². The van der Waals surface area contributed by atoms with E-state index in [0.29, 0.717) is 5.82 Å². The highest BCUT2D eigenvalue weighted by molar-refractivity contribution is 9.11. The summed E-state index contributed by atoms with van der Waals surface area (Å²) in [5.41, 5.74) is 0.805. The molecule has 0 aliphatic carbocycles. The first-order chi connectivity index (χ1) is 5.75. The number of nitrogens with zero attached hydrogens (tertiary/aromatic N) is 4. The average molecular weight is 245 g/mol. The largest absolute Gasteiger partial charge is 0.275 e. The van der Waals surface area contributed by atoms with Gasteiger partial charge in [0.15, 0.2) is 9.74 Å². The van der Waals surface area contributed by atoms with Gasteiger partial charge in [0.2, 0.25) is 0 Å². The van der Waals surface area contributed by atoms with Gasteiger partial charge in [-0.1, -0.05) is 0 Å². The van der Waals surface area contributed by atoms with Gasteiger partial charge < -0.3 is 0 Å². The lowest BCUT2D eigenvalue weighted by atomic mass is 10.4. The first-order valence-electron chi connectivity index (χ1n) is 3.25. The first-order valence-corrected chi connectivity index (χ1v) is 4.81. The number of hydrogen-bond donors (Lipinski definition) is 0. The van der Waals surface area contributed by atoms with Crippen LogP contribution < -0.4 is 0 Å². The lowest BCUT2D eigenvalue weighted by Crippen LogP contribution is -1.88. The molecular weight excluding hydrogens is 240 g/mol. The molecule has 2 rings (SSSR count). The molecule has 62 valence electrons. The molecule has 0 saturated carbocycles. The molecule has 0 atom stereocenters. The van der Waals surface area contributed by atoms with Gasteiger partial charge in [0.25, 0.3) is 0 Å². The van der Waals surface area contributed by atoms with Crippen LogP contribution >= 0.6 is 27.5 Å². The Bertz CT molecular complexity index is 355. The van der Waals surface area contributed by atoms with Gasteiger partial charge in [-0.15, -0.1) is 0 Å². The highest BCUT2D eigenvalue weighted by Gasteiger charge is 2.06. The molecule has 2 aromatic rings. The van der Waals surface area contributed by atoms with Crippen LogP contribution in [0.25, 0.3) is 11.5 Å². The summed E-state index contributed by atoms with van der Waals surface area (Å²) < 4.78 is 6.61. The molecule has 12 heavy (non-hydrogen) atoms. The summed E-state index contributed by atoms with van der Waals surface area (Å²) in [6.07, 6.45) is 1.87. The minimum absolute atomic E-state index is 0.674. The minimum atomic E-state index is 0.674. The van der Waals surface area contributed by atoms with Crippen LogP contribution in [0, 0.1) is 0 Å². The number of rotatable bonds is 1.